The highest BCUT2D eigenvalue weighted by Crippen LogP contribution is 2.21. The molecule has 108 valence electrons. The lowest BCUT2D eigenvalue weighted by Gasteiger charge is -2.38. The van der Waals surface area contributed by atoms with Gasteiger partial charge in [0.1, 0.15) is 0 Å². The Hall–Kier alpha value is -0.200. The molecule has 0 aliphatic carbocycles. The second-order valence-electron chi connectivity index (χ2n) is 5.24. The van der Waals surface area contributed by atoms with Gasteiger partial charge in [-0.2, -0.15) is 0 Å². The van der Waals surface area contributed by atoms with Crippen LogP contribution in [0, 0.1) is 5.92 Å². The second-order valence-corrected chi connectivity index (χ2v) is 5.24. The molecule has 1 rings (SSSR count). The molecule has 1 fully saturated rings. The zero-order chi connectivity index (χ0) is 13.2. The van der Waals surface area contributed by atoms with E-state index >= 15 is 0 Å². The smallest absolute Gasteiger partial charge is 0.0443 e. The summed E-state index contributed by atoms with van der Waals surface area (Å²) in [6.45, 7) is 5.23. The highest BCUT2D eigenvalue weighted by Gasteiger charge is 2.25. The maximum Gasteiger partial charge on any atom is 0.0443 e. The van der Waals surface area contributed by atoms with E-state index in [1.165, 1.54) is 6.42 Å². The highest BCUT2D eigenvalue weighted by molar-refractivity contribution is 4.83. The molecular weight excluding hydrogens is 230 g/mol. The SMILES string of the molecule is NCCN1CC(CCCO)CC(NCCCO)C1. The molecular formula is C13H29N3O2. The molecule has 0 aromatic carbocycles. The van der Waals surface area contributed by atoms with Crippen LogP contribution in [0.4, 0.5) is 0 Å². The van der Waals surface area contributed by atoms with Crippen molar-refractivity contribution in [1.82, 2.24) is 10.2 Å². The van der Waals surface area contributed by atoms with Gasteiger partial charge in [-0.1, -0.05) is 0 Å². The van der Waals surface area contributed by atoms with E-state index in [-0.39, 0.29) is 13.2 Å². The van der Waals surface area contributed by atoms with Crippen molar-refractivity contribution in [3.63, 3.8) is 0 Å². The van der Waals surface area contributed by atoms with Crippen molar-refractivity contribution in [2.45, 2.75) is 31.7 Å². The van der Waals surface area contributed by atoms with Crippen LogP contribution in [0.5, 0.6) is 0 Å². The second kappa shape index (κ2) is 9.69. The van der Waals surface area contributed by atoms with E-state index in [4.69, 9.17) is 15.9 Å². The third-order valence-electron chi connectivity index (χ3n) is 3.60. The molecule has 0 amide bonds. The van der Waals surface area contributed by atoms with E-state index in [1.54, 1.807) is 0 Å². The van der Waals surface area contributed by atoms with Crippen molar-refractivity contribution < 1.29 is 10.2 Å². The molecule has 5 heteroatoms. The minimum atomic E-state index is 0.250. The Kier molecular flexibility index (Phi) is 8.54. The molecule has 1 heterocycles. The van der Waals surface area contributed by atoms with Crippen molar-refractivity contribution in [3.8, 4) is 0 Å². The van der Waals surface area contributed by atoms with Crippen molar-refractivity contribution in [2.75, 3.05) is 45.9 Å². The van der Waals surface area contributed by atoms with Crippen LogP contribution in [0.15, 0.2) is 0 Å². The number of aliphatic hydroxyl groups excluding tert-OH is 2. The van der Waals surface area contributed by atoms with Gasteiger partial charge in [0.25, 0.3) is 0 Å². The first-order chi connectivity index (χ1) is 8.80. The minimum Gasteiger partial charge on any atom is -0.396 e. The van der Waals surface area contributed by atoms with Gasteiger partial charge in [0, 0.05) is 45.4 Å². The Balaban J connectivity index is 2.35. The van der Waals surface area contributed by atoms with E-state index in [1.807, 2.05) is 0 Å². The van der Waals surface area contributed by atoms with E-state index in [0.717, 1.165) is 45.4 Å². The summed E-state index contributed by atoms with van der Waals surface area (Å²) < 4.78 is 0. The first-order valence-corrected chi connectivity index (χ1v) is 7.17. The first-order valence-electron chi connectivity index (χ1n) is 7.17. The van der Waals surface area contributed by atoms with Gasteiger partial charge < -0.3 is 26.2 Å². The first kappa shape index (κ1) is 15.9. The molecule has 0 spiro atoms. The zero-order valence-corrected chi connectivity index (χ0v) is 11.4. The number of piperidine rings is 1. The molecule has 0 aromatic rings. The van der Waals surface area contributed by atoms with Gasteiger partial charge in [-0.3, -0.25) is 0 Å². The molecule has 18 heavy (non-hydrogen) atoms. The third-order valence-corrected chi connectivity index (χ3v) is 3.60. The average Bonchev–Trinajstić information content (AvgIpc) is 2.37. The van der Waals surface area contributed by atoms with Crippen LogP contribution in [0.25, 0.3) is 0 Å². The lowest BCUT2D eigenvalue weighted by atomic mass is 9.90. The van der Waals surface area contributed by atoms with Crippen molar-refractivity contribution in [1.29, 1.82) is 0 Å². The highest BCUT2D eigenvalue weighted by atomic mass is 16.3. The molecule has 1 saturated heterocycles. The number of nitrogens with zero attached hydrogens (tertiary/aromatic N) is 1. The number of hydrogen-bond donors (Lipinski definition) is 4. The Morgan fingerprint density at radius 2 is 1.94 bits per heavy atom. The van der Waals surface area contributed by atoms with Gasteiger partial charge in [0.2, 0.25) is 0 Å². The third kappa shape index (κ3) is 6.11. The quantitative estimate of drug-likeness (QED) is 0.415. The molecule has 1 aliphatic heterocycles. The maximum absolute atomic E-state index is 8.93. The molecule has 1 aliphatic rings. The zero-order valence-electron chi connectivity index (χ0n) is 11.4. The fraction of sp³-hybridized carbons (Fsp3) is 1.00. The molecule has 0 radical (unpaired) electrons. The number of nitrogens with one attached hydrogen (secondary N) is 1. The lowest BCUT2D eigenvalue weighted by Crippen LogP contribution is -2.50. The number of aliphatic hydroxyl groups is 2. The Labute approximate surface area is 110 Å². The molecule has 0 bridgehead atoms. The van der Waals surface area contributed by atoms with Crippen molar-refractivity contribution in [3.05, 3.63) is 0 Å². The summed E-state index contributed by atoms with van der Waals surface area (Å²) in [7, 11) is 0. The summed E-state index contributed by atoms with van der Waals surface area (Å²) in [4.78, 5) is 2.42. The molecule has 0 saturated carbocycles. The van der Waals surface area contributed by atoms with Gasteiger partial charge in [-0.05, 0) is 38.1 Å². The largest absolute Gasteiger partial charge is 0.396 e. The summed E-state index contributed by atoms with van der Waals surface area (Å²) >= 11 is 0. The summed E-state index contributed by atoms with van der Waals surface area (Å²) in [6, 6.07) is 0.501. The summed E-state index contributed by atoms with van der Waals surface area (Å²) in [5.41, 5.74) is 5.64. The van der Waals surface area contributed by atoms with E-state index in [0.29, 0.717) is 18.5 Å². The van der Waals surface area contributed by atoms with Crippen LogP contribution in [0.1, 0.15) is 25.7 Å². The molecule has 5 N–H and O–H groups in total. The van der Waals surface area contributed by atoms with E-state index in [2.05, 4.69) is 10.2 Å². The van der Waals surface area contributed by atoms with E-state index < -0.39 is 0 Å². The van der Waals surface area contributed by atoms with Crippen LogP contribution < -0.4 is 11.1 Å². The maximum atomic E-state index is 8.93. The monoisotopic (exact) mass is 259 g/mol. The normalized spacial score (nSPS) is 25.5. The predicted octanol–water partition coefficient (Wildman–Crippen LogP) is -0.620. The van der Waals surface area contributed by atoms with Crippen LogP contribution in [0.2, 0.25) is 0 Å². The Morgan fingerprint density at radius 3 is 2.61 bits per heavy atom. The number of likely N-dealkylation sites (tertiary alicyclic amines) is 1. The van der Waals surface area contributed by atoms with Crippen LogP contribution in [0.3, 0.4) is 0 Å². The average molecular weight is 259 g/mol. The minimum absolute atomic E-state index is 0.250. The van der Waals surface area contributed by atoms with Crippen molar-refractivity contribution >= 4 is 0 Å². The predicted molar refractivity (Wildman–Crippen MR) is 73.4 cm³/mol. The van der Waals surface area contributed by atoms with Crippen molar-refractivity contribution in [2.24, 2.45) is 11.7 Å². The van der Waals surface area contributed by atoms with Crippen LogP contribution in [-0.2, 0) is 0 Å². The molecule has 2 atom stereocenters. The molecule has 5 nitrogen and oxygen atoms in total. The number of rotatable bonds is 9. The van der Waals surface area contributed by atoms with Crippen LogP contribution >= 0.6 is 0 Å². The summed E-state index contributed by atoms with van der Waals surface area (Å²) in [5, 5.41) is 21.2. The Bertz CT molecular complexity index is 205. The van der Waals surface area contributed by atoms with Gasteiger partial charge in [-0.15, -0.1) is 0 Å². The van der Waals surface area contributed by atoms with Gasteiger partial charge >= 0.3 is 0 Å². The molecule has 2 unspecified atom stereocenters. The number of hydrogen-bond acceptors (Lipinski definition) is 5. The fourth-order valence-electron chi connectivity index (χ4n) is 2.79. The molecule has 0 aromatic heterocycles. The van der Waals surface area contributed by atoms with Gasteiger partial charge in [-0.25, -0.2) is 0 Å². The Morgan fingerprint density at radius 1 is 1.17 bits per heavy atom. The van der Waals surface area contributed by atoms with Gasteiger partial charge in [0.15, 0.2) is 0 Å². The number of nitrogens with two attached hydrogens (primary N) is 1. The summed E-state index contributed by atoms with van der Waals surface area (Å²) in [5.74, 6) is 0.657. The van der Waals surface area contributed by atoms with Gasteiger partial charge in [0.05, 0.1) is 0 Å². The fourth-order valence-corrected chi connectivity index (χ4v) is 2.79. The topological polar surface area (TPSA) is 81.8 Å². The summed E-state index contributed by atoms with van der Waals surface area (Å²) in [6.07, 6.45) is 3.97. The standard InChI is InChI=1S/C13H29N3O2/c14-4-6-16-10-12(3-1-7-17)9-13(11-16)15-5-2-8-18/h12-13,15,17-18H,1-11,14H2. The van der Waals surface area contributed by atoms with Crippen LogP contribution in [-0.4, -0.2) is 67.1 Å². The van der Waals surface area contributed by atoms with E-state index in [9.17, 15) is 0 Å². The lowest BCUT2D eigenvalue weighted by molar-refractivity contribution is 0.131.